The molecule has 0 radical (unpaired) electrons. The first-order valence-electron chi connectivity index (χ1n) is 7.03. The zero-order valence-corrected chi connectivity index (χ0v) is 13.6. The van der Waals surface area contributed by atoms with Crippen LogP contribution in [-0.2, 0) is 25.8 Å². The van der Waals surface area contributed by atoms with E-state index in [4.69, 9.17) is 5.11 Å². The predicted octanol–water partition coefficient (Wildman–Crippen LogP) is 1.62. The van der Waals surface area contributed by atoms with Gasteiger partial charge in [0.05, 0.1) is 16.6 Å². The Balaban J connectivity index is 2.39. The highest BCUT2D eigenvalue weighted by molar-refractivity contribution is 7.92. The van der Waals surface area contributed by atoms with Crippen LogP contribution in [0.15, 0.2) is 23.1 Å². The van der Waals surface area contributed by atoms with Gasteiger partial charge < -0.3 is 10.0 Å². The third kappa shape index (κ3) is 2.85. The summed E-state index contributed by atoms with van der Waals surface area (Å²) >= 11 is 0. The van der Waals surface area contributed by atoms with Gasteiger partial charge in [-0.05, 0) is 44.0 Å². The van der Waals surface area contributed by atoms with E-state index in [0.29, 0.717) is 6.42 Å². The van der Waals surface area contributed by atoms with Crippen LogP contribution in [0.1, 0.15) is 32.8 Å². The number of fused-ring (bicyclic) bond motifs is 1. The average molecular weight is 325 g/mol. The molecule has 1 N–H and O–H groups in total. The number of hydrogen-bond donors (Lipinski definition) is 1. The summed E-state index contributed by atoms with van der Waals surface area (Å²) in [5, 5.41) is 7.78. The molecule has 2 rings (SSSR count). The number of benzene rings is 1. The van der Waals surface area contributed by atoms with Crippen molar-refractivity contribution in [2.75, 3.05) is 4.90 Å². The second kappa shape index (κ2) is 5.72. The molecule has 1 aromatic carbocycles. The lowest BCUT2D eigenvalue weighted by Gasteiger charge is -2.20. The van der Waals surface area contributed by atoms with Crippen molar-refractivity contribution in [3.63, 3.8) is 0 Å². The summed E-state index contributed by atoms with van der Waals surface area (Å²) in [5.74, 6) is -1.23. The number of carbonyl (C=O) groups excluding carboxylic acids is 1. The lowest BCUT2D eigenvalue weighted by Crippen LogP contribution is -2.33. The van der Waals surface area contributed by atoms with Crippen molar-refractivity contribution in [2.24, 2.45) is 0 Å². The van der Waals surface area contributed by atoms with Crippen molar-refractivity contribution in [3.05, 3.63) is 23.8 Å². The standard InChI is InChI=1S/C15H19NO5S/c1-9-6-12-8-13(4-5-14(12)16(9)11(3)17)22(20,21)10(2)7-15(18)19/h4-5,8-10H,6-7H2,1-3H3,(H,18,19)/t9-,10-/m0/s1. The van der Waals surface area contributed by atoms with Crippen LogP contribution >= 0.6 is 0 Å². The van der Waals surface area contributed by atoms with Crippen molar-refractivity contribution in [3.8, 4) is 0 Å². The summed E-state index contributed by atoms with van der Waals surface area (Å²) in [7, 11) is -3.70. The monoisotopic (exact) mass is 325 g/mol. The molecule has 120 valence electrons. The molecular formula is C15H19NO5S. The molecule has 0 bridgehead atoms. The van der Waals surface area contributed by atoms with Crippen molar-refractivity contribution < 1.29 is 23.1 Å². The second-order valence-electron chi connectivity index (χ2n) is 5.69. The Labute approximate surface area is 129 Å². The molecule has 22 heavy (non-hydrogen) atoms. The zero-order chi connectivity index (χ0) is 16.7. The third-order valence-electron chi connectivity index (χ3n) is 3.93. The largest absolute Gasteiger partial charge is 0.481 e. The number of aliphatic carboxylic acids is 1. The number of sulfone groups is 1. The highest BCUT2D eigenvalue weighted by atomic mass is 32.2. The number of nitrogens with zero attached hydrogens (tertiary/aromatic N) is 1. The second-order valence-corrected chi connectivity index (χ2v) is 8.05. The van der Waals surface area contributed by atoms with Crippen LogP contribution in [0, 0.1) is 0 Å². The number of carboxylic acid groups (broad SMARTS) is 1. The van der Waals surface area contributed by atoms with Gasteiger partial charge in [0.25, 0.3) is 0 Å². The fraction of sp³-hybridized carbons (Fsp3) is 0.467. The Morgan fingerprint density at radius 1 is 1.41 bits per heavy atom. The van der Waals surface area contributed by atoms with Crippen molar-refractivity contribution in [2.45, 2.75) is 49.8 Å². The van der Waals surface area contributed by atoms with E-state index in [1.54, 1.807) is 17.0 Å². The van der Waals surface area contributed by atoms with E-state index in [1.165, 1.54) is 19.9 Å². The zero-order valence-electron chi connectivity index (χ0n) is 12.7. The molecule has 1 heterocycles. The SMILES string of the molecule is CC(=O)N1c2ccc(S(=O)(=O)[C@@H](C)CC(=O)O)cc2C[C@@H]1C. The molecule has 0 spiro atoms. The van der Waals surface area contributed by atoms with Gasteiger partial charge in [-0.3, -0.25) is 9.59 Å². The normalized spacial score (nSPS) is 18.9. The van der Waals surface area contributed by atoms with Crippen molar-refractivity contribution in [1.29, 1.82) is 0 Å². The highest BCUT2D eigenvalue weighted by Gasteiger charge is 2.32. The van der Waals surface area contributed by atoms with Crippen LogP contribution in [0.4, 0.5) is 5.69 Å². The maximum atomic E-state index is 12.4. The minimum Gasteiger partial charge on any atom is -0.481 e. The van der Waals surface area contributed by atoms with Gasteiger partial charge in [0.2, 0.25) is 5.91 Å². The Hall–Kier alpha value is -1.89. The van der Waals surface area contributed by atoms with Crippen molar-refractivity contribution >= 4 is 27.4 Å². The van der Waals surface area contributed by atoms with E-state index in [9.17, 15) is 18.0 Å². The van der Waals surface area contributed by atoms with Gasteiger partial charge in [-0.2, -0.15) is 0 Å². The maximum Gasteiger partial charge on any atom is 0.304 e. The quantitative estimate of drug-likeness (QED) is 0.908. The predicted molar refractivity (Wildman–Crippen MR) is 81.7 cm³/mol. The van der Waals surface area contributed by atoms with Crippen LogP contribution in [0.3, 0.4) is 0 Å². The molecule has 1 amide bonds. The molecule has 1 aliphatic heterocycles. The van der Waals surface area contributed by atoms with E-state index >= 15 is 0 Å². The molecule has 1 aromatic rings. The summed E-state index contributed by atoms with van der Waals surface area (Å²) in [4.78, 5) is 24.2. The van der Waals surface area contributed by atoms with E-state index in [-0.39, 0.29) is 16.8 Å². The fourth-order valence-corrected chi connectivity index (χ4v) is 4.24. The minimum absolute atomic E-state index is 0.0121. The maximum absolute atomic E-state index is 12.4. The first-order chi connectivity index (χ1) is 10.1. The first kappa shape index (κ1) is 16.5. The average Bonchev–Trinajstić information content (AvgIpc) is 2.72. The smallest absolute Gasteiger partial charge is 0.304 e. The Morgan fingerprint density at radius 2 is 2.05 bits per heavy atom. The van der Waals surface area contributed by atoms with E-state index in [1.807, 2.05) is 6.92 Å². The first-order valence-corrected chi connectivity index (χ1v) is 8.57. The van der Waals surface area contributed by atoms with Crippen LogP contribution < -0.4 is 4.90 Å². The van der Waals surface area contributed by atoms with Gasteiger partial charge in [0, 0.05) is 18.7 Å². The number of hydrogen-bond acceptors (Lipinski definition) is 4. The molecule has 0 unspecified atom stereocenters. The molecule has 6 nitrogen and oxygen atoms in total. The highest BCUT2D eigenvalue weighted by Crippen LogP contribution is 2.34. The summed E-state index contributed by atoms with van der Waals surface area (Å²) in [6.07, 6.45) is 0.154. The number of amides is 1. The molecule has 7 heteroatoms. The molecule has 1 aliphatic rings. The lowest BCUT2D eigenvalue weighted by molar-refractivity contribution is -0.137. The number of anilines is 1. The van der Waals surface area contributed by atoms with E-state index < -0.39 is 27.5 Å². The summed E-state index contributed by atoms with van der Waals surface area (Å²) in [6.45, 7) is 4.77. The van der Waals surface area contributed by atoms with Crippen LogP contribution in [-0.4, -0.2) is 36.7 Å². The third-order valence-corrected chi connectivity index (χ3v) is 6.06. The van der Waals surface area contributed by atoms with Gasteiger partial charge in [0.15, 0.2) is 9.84 Å². The Morgan fingerprint density at radius 3 is 2.59 bits per heavy atom. The molecule has 0 fully saturated rings. The number of carboxylic acids is 1. The minimum atomic E-state index is -3.70. The van der Waals surface area contributed by atoms with Gasteiger partial charge in [0.1, 0.15) is 0 Å². The Bertz CT molecular complexity index is 725. The van der Waals surface area contributed by atoms with Crippen LogP contribution in [0.25, 0.3) is 0 Å². The number of carbonyl (C=O) groups is 2. The van der Waals surface area contributed by atoms with E-state index in [2.05, 4.69) is 0 Å². The van der Waals surface area contributed by atoms with Crippen LogP contribution in [0.2, 0.25) is 0 Å². The van der Waals surface area contributed by atoms with Gasteiger partial charge in [-0.25, -0.2) is 8.42 Å². The summed E-state index contributed by atoms with van der Waals surface area (Å²) < 4.78 is 24.8. The summed E-state index contributed by atoms with van der Waals surface area (Å²) in [6, 6.07) is 4.62. The van der Waals surface area contributed by atoms with E-state index in [0.717, 1.165) is 11.3 Å². The molecule has 0 aliphatic carbocycles. The molecule has 0 aromatic heterocycles. The lowest BCUT2D eigenvalue weighted by atomic mass is 10.1. The number of rotatable bonds is 4. The fourth-order valence-electron chi connectivity index (χ4n) is 2.85. The topological polar surface area (TPSA) is 91.8 Å². The molecule has 0 saturated heterocycles. The Kier molecular flexibility index (Phi) is 4.28. The molecule has 0 saturated carbocycles. The van der Waals surface area contributed by atoms with Gasteiger partial charge in [-0.1, -0.05) is 0 Å². The van der Waals surface area contributed by atoms with Gasteiger partial charge in [-0.15, -0.1) is 0 Å². The van der Waals surface area contributed by atoms with Gasteiger partial charge >= 0.3 is 5.97 Å². The molecule has 2 atom stereocenters. The summed E-state index contributed by atoms with van der Waals surface area (Å²) in [5.41, 5.74) is 1.52. The van der Waals surface area contributed by atoms with Crippen molar-refractivity contribution in [1.82, 2.24) is 0 Å². The van der Waals surface area contributed by atoms with Crippen LogP contribution in [0.5, 0.6) is 0 Å². The molecular weight excluding hydrogens is 306 g/mol.